The van der Waals surface area contributed by atoms with E-state index in [4.69, 9.17) is 5.73 Å². The molecule has 0 spiro atoms. The highest BCUT2D eigenvalue weighted by molar-refractivity contribution is 7.13. The summed E-state index contributed by atoms with van der Waals surface area (Å²) in [5.74, 6) is -0.000599. The minimum absolute atomic E-state index is 0.000599. The van der Waals surface area contributed by atoms with Gasteiger partial charge in [0.1, 0.15) is 0 Å². The van der Waals surface area contributed by atoms with Crippen LogP contribution in [0.1, 0.15) is 34.5 Å². The maximum atomic E-state index is 12.7. The molecular formula is C19H19N5OS. The van der Waals surface area contributed by atoms with Crippen LogP contribution in [0.5, 0.6) is 0 Å². The zero-order chi connectivity index (χ0) is 18.0. The normalized spacial score (nSPS) is 16.4. The molecule has 4 rings (SSSR count). The van der Waals surface area contributed by atoms with Crippen molar-refractivity contribution in [2.24, 2.45) is 0 Å². The van der Waals surface area contributed by atoms with Crippen molar-refractivity contribution in [3.05, 3.63) is 71.0 Å². The Labute approximate surface area is 155 Å². The Kier molecular flexibility index (Phi) is 4.38. The van der Waals surface area contributed by atoms with E-state index in [2.05, 4.69) is 27.3 Å². The van der Waals surface area contributed by atoms with Crippen LogP contribution in [0.4, 0.5) is 5.13 Å². The Morgan fingerprint density at radius 1 is 1.12 bits per heavy atom. The van der Waals surface area contributed by atoms with Crippen molar-refractivity contribution < 1.29 is 4.79 Å². The molecule has 0 saturated carbocycles. The number of benzene rings is 1. The van der Waals surface area contributed by atoms with Gasteiger partial charge in [0, 0.05) is 23.9 Å². The van der Waals surface area contributed by atoms with Crippen molar-refractivity contribution in [2.75, 3.05) is 18.8 Å². The molecule has 1 saturated heterocycles. The van der Waals surface area contributed by atoms with Gasteiger partial charge in [-0.1, -0.05) is 30.3 Å². The first-order valence-corrected chi connectivity index (χ1v) is 9.40. The summed E-state index contributed by atoms with van der Waals surface area (Å²) in [6.07, 6.45) is 4.68. The molecule has 0 atom stereocenters. The second-order valence-corrected chi connectivity index (χ2v) is 7.33. The lowest BCUT2D eigenvalue weighted by molar-refractivity contribution is 0.0683. The van der Waals surface area contributed by atoms with E-state index < -0.39 is 0 Å². The first-order valence-electron chi connectivity index (χ1n) is 8.52. The van der Waals surface area contributed by atoms with Crippen LogP contribution in [0.2, 0.25) is 0 Å². The molecule has 6 nitrogen and oxygen atoms in total. The molecule has 0 unspecified atom stereocenters. The number of anilines is 1. The number of amides is 1. The number of piperidine rings is 1. The highest BCUT2D eigenvalue weighted by Crippen LogP contribution is 2.42. The summed E-state index contributed by atoms with van der Waals surface area (Å²) in [7, 11) is 0. The number of nitrogens with zero attached hydrogens (tertiary/aromatic N) is 4. The van der Waals surface area contributed by atoms with Gasteiger partial charge in [-0.2, -0.15) is 10.2 Å². The van der Waals surface area contributed by atoms with Crippen molar-refractivity contribution in [3.63, 3.8) is 0 Å². The summed E-state index contributed by atoms with van der Waals surface area (Å²) < 4.78 is 0. The number of aromatic nitrogens is 3. The summed E-state index contributed by atoms with van der Waals surface area (Å²) in [6.45, 7) is 1.32. The van der Waals surface area contributed by atoms with E-state index in [-0.39, 0.29) is 11.3 Å². The maximum absolute atomic E-state index is 12.7. The zero-order valence-electron chi connectivity index (χ0n) is 14.2. The molecule has 0 bridgehead atoms. The minimum Gasteiger partial charge on any atom is -0.375 e. The van der Waals surface area contributed by atoms with Crippen LogP contribution in [-0.2, 0) is 5.41 Å². The van der Waals surface area contributed by atoms with Crippen LogP contribution >= 0.6 is 11.3 Å². The number of carbonyl (C=O) groups excluding carboxylic acids is 1. The van der Waals surface area contributed by atoms with Crippen molar-refractivity contribution in [1.29, 1.82) is 0 Å². The Morgan fingerprint density at radius 2 is 1.88 bits per heavy atom. The molecule has 1 aromatic carbocycles. The first-order chi connectivity index (χ1) is 12.7. The van der Waals surface area contributed by atoms with Gasteiger partial charge in [-0.05, 0) is 24.5 Å². The van der Waals surface area contributed by atoms with Crippen molar-refractivity contribution >= 4 is 22.4 Å². The van der Waals surface area contributed by atoms with Gasteiger partial charge in [-0.3, -0.25) is 4.79 Å². The number of hydrogen-bond acceptors (Lipinski definition) is 6. The maximum Gasteiger partial charge on any atom is 0.255 e. The fraction of sp³-hybridized carbons (Fsp3) is 0.263. The minimum atomic E-state index is -0.206. The van der Waals surface area contributed by atoms with Crippen LogP contribution in [0, 0.1) is 0 Å². The van der Waals surface area contributed by atoms with E-state index in [1.807, 2.05) is 28.5 Å². The quantitative estimate of drug-likeness (QED) is 0.771. The summed E-state index contributed by atoms with van der Waals surface area (Å²) in [5.41, 5.74) is 8.50. The highest BCUT2D eigenvalue weighted by atomic mass is 32.1. The third-order valence-electron chi connectivity index (χ3n) is 5.07. The summed E-state index contributed by atoms with van der Waals surface area (Å²) >= 11 is 1.47. The van der Waals surface area contributed by atoms with Crippen LogP contribution < -0.4 is 5.73 Å². The predicted octanol–water partition coefficient (Wildman–Crippen LogP) is 2.74. The molecule has 1 aliphatic rings. The van der Waals surface area contributed by atoms with E-state index in [1.165, 1.54) is 23.1 Å². The number of likely N-dealkylation sites (tertiary alicyclic amines) is 1. The second kappa shape index (κ2) is 6.84. The monoisotopic (exact) mass is 365 g/mol. The third kappa shape index (κ3) is 2.94. The van der Waals surface area contributed by atoms with E-state index in [1.54, 1.807) is 12.3 Å². The zero-order valence-corrected chi connectivity index (χ0v) is 15.0. The van der Waals surface area contributed by atoms with E-state index in [9.17, 15) is 4.79 Å². The Bertz CT molecular complexity index is 889. The van der Waals surface area contributed by atoms with Gasteiger partial charge in [0.15, 0.2) is 5.13 Å². The van der Waals surface area contributed by atoms with E-state index in [0.29, 0.717) is 23.8 Å². The lowest BCUT2D eigenvalue weighted by Crippen LogP contribution is -2.46. The number of nitrogens with two attached hydrogens (primary N) is 1. The van der Waals surface area contributed by atoms with Gasteiger partial charge >= 0.3 is 0 Å². The molecule has 0 aliphatic carbocycles. The molecule has 2 aromatic heterocycles. The number of hydrogen-bond donors (Lipinski definition) is 1. The van der Waals surface area contributed by atoms with Gasteiger partial charge in [0.25, 0.3) is 5.91 Å². The van der Waals surface area contributed by atoms with Gasteiger partial charge in [-0.25, -0.2) is 4.98 Å². The Hall–Kier alpha value is -2.80. The summed E-state index contributed by atoms with van der Waals surface area (Å²) in [4.78, 5) is 19.2. The predicted molar refractivity (Wildman–Crippen MR) is 101 cm³/mol. The van der Waals surface area contributed by atoms with Crippen LogP contribution in [0.3, 0.4) is 0 Å². The van der Waals surface area contributed by atoms with Crippen molar-refractivity contribution in [2.45, 2.75) is 18.3 Å². The lowest BCUT2D eigenvalue weighted by Gasteiger charge is -2.41. The summed E-state index contributed by atoms with van der Waals surface area (Å²) in [5, 5.41) is 10.2. The number of rotatable bonds is 3. The molecule has 3 heterocycles. The molecule has 3 aromatic rings. The number of carbonyl (C=O) groups is 1. The molecule has 26 heavy (non-hydrogen) atoms. The average Bonchev–Trinajstić information content (AvgIpc) is 3.16. The molecular weight excluding hydrogens is 346 g/mol. The molecule has 1 amide bonds. The van der Waals surface area contributed by atoms with Gasteiger partial charge in [0.2, 0.25) is 0 Å². The number of thiazole rings is 1. The SMILES string of the molecule is Nc1nc(C2(c3ccccc3)CCN(C(=O)c3ccnnc3)CC2)cs1. The molecule has 7 heteroatoms. The molecule has 1 fully saturated rings. The standard InChI is InChI=1S/C19H19N5OS/c20-18-23-16(13-26-18)19(15-4-2-1-3-5-15)7-10-24(11-8-19)17(25)14-6-9-21-22-12-14/h1-6,9,12-13H,7-8,10-11H2,(H2,20,23). The van der Waals surface area contributed by atoms with E-state index >= 15 is 0 Å². The molecule has 132 valence electrons. The smallest absolute Gasteiger partial charge is 0.255 e. The third-order valence-corrected chi connectivity index (χ3v) is 5.75. The fourth-order valence-corrected chi connectivity index (χ4v) is 4.31. The molecule has 1 aliphatic heterocycles. The topological polar surface area (TPSA) is 85.0 Å². The van der Waals surface area contributed by atoms with Crippen LogP contribution in [0.15, 0.2) is 54.2 Å². The summed E-state index contributed by atoms with van der Waals surface area (Å²) in [6, 6.07) is 12.1. The molecule has 0 radical (unpaired) electrons. The van der Waals surface area contributed by atoms with Crippen LogP contribution in [-0.4, -0.2) is 39.1 Å². The Morgan fingerprint density at radius 3 is 2.50 bits per heavy atom. The van der Waals surface area contributed by atoms with Crippen molar-refractivity contribution in [1.82, 2.24) is 20.1 Å². The van der Waals surface area contributed by atoms with Crippen molar-refractivity contribution in [3.8, 4) is 0 Å². The fourth-order valence-electron chi connectivity index (χ4n) is 3.65. The van der Waals surface area contributed by atoms with Gasteiger partial charge in [-0.15, -0.1) is 11.3 Å². The molecule has 2 N–H and O–H groups in total. The Balaban J connectivity index is 1.62. The highest BCUT2D eigenvalue weighted by Gasteiger charge is 2.40. The lowest BCUT2D eigenvalue weighted by atomic mass is 9.70. The average molecular weight is 365 g/mol. The largest absolute Gasteiger partial charge is 0.375 e. The van der Waals surface area contributed by atoms with Gasteiger partial charge < -0.3 is 10.6 Å². The second-order valence-electron chi connectivity index (χ2n) is 6.44. The number of nitrogen functional groups attached to an aromatic ring is 1. The van der Waals surface area contributed by atoms with E-state index in [0.717, 1.165) is 18.5 Å². The van der Waals surface area contributed by atoms with Gasteiger partial charge in [0.05, 0.1) is 23.7 Å². The first kappa shape index (κ1) is 16.7. The van der Waals surface area contributed by atoms with Crippen LogP contribution in [0.25, 0.3) is 0 Å².